The smallest absolute Gasteiger partial charge is 0.313 e. The van der Waals surface area contributed by atoms with E-state index in [1.807, 2.05) is 0 Å². The van der Waals surface area contributed by atoms with E-state index < -0.39 is 77.9 Å². The number of nitrogens with zero attached hydrogens (tertiary/aromatic N) is 3. The van der Waals surface area contributed by atoms with Crippen molar-refractivity contribution in [1.82, 2.24) is 15.0 Å². The zero-order chi connectivity index (χ0) is 29.4. The van der Waals surface area contributed by atoms with Crippen molar-refractivity contribution in [2.75, 3.05) is 26.4 Å². The minimum atomic E-state index is -2.37. The van der Waals surface area contributed by atoms with Gasteiger partial charge in [0.25, 0.3) is 0 Å². The number of benzene rings is 1. The molecular formula is C23H28F5N3O9. The van der Waals surface area contributed by atoms with Crippen LogP contribution in [0.1, 0.15) is 25.0 Å². The number of ether oxygens (including phenoxy) is 4. The second-order valence-electron chi connectivity index (χ2n) is 8.71. The molecule has 0 unspecified atom stereocenters. The van der Waals surface area contributed by atoms with Crippen molar-refractivity contribution in [3.63, 3.8) is 0 Å². The summed E-state index contributed by atoms with van der Waals surface area (Å²) in [5.41, 5.74) is 0.495. The number of hydrogen-bond acceptors (Lipinski definition) is 11. The lowest BCUT2D eigenvalue weighted by Gasteiger charge is -2.40. The molecule has 0 saturated carbocycles. The van der Waals surface area contributed by atoms with E-state index in [0.29, 0.717) is 12.1 Å². The van der Waals surface area contributed by atoms with E-state index in [0.717, 1.165) is 0 Å². The highest BCUT2D eigenvalue weighted by Gasteiger charge is 2.43. The van der Waals surface area contributed by atoms with Crippen LogP contribution in [0.25, 0.3) is 0 Å². The molecule has 0 aliphatic carbocycles. The molecule has 224 valence electrons. The molecular weight excluding hydrogens is 557 g/mol. The van der Waals surface area contributed by atoms with Crippen LogP contribution in [-0.4, -0.2) is 98.5 Å². The van der Waals surface area contributed by atoms with Crippen molar-refractivity contribution in [1.29, 1.82) is 0 Å². The van der Waals surface area contributed by atoms with Crippen LogP contribution in [-0.2, 0) is 32.0 Å². The number of carbonyl (C=O) groups excluding carboxylic acids is 1. The van der Waals surface area contributed by atoms with Gasteiger partial charge in [0.05, 0.1) is 44.6 Å². The number of rotatable bonds is 14. The SMILES string of the molecule is O=C(CCOCCn1cc(CCO[C@H]2O[C@H](CCCO)[C@@H](O)[C@H](O)[C@@H]2O)nn1)Oc1c(F)c(F)c(F)c(F)c1F. The first-order chi connectivity index (χ1) is 19.0. The molecule has 5 atom stereocenters. The number of aromatic nitrogens is 3. The molecule has 40 heavy (non-hydrogen) atoms. The molecule has 3 rings (SSSR count). The van der Waals surface area contributed by atoms with Crippen LogP contribution < -0.4 is 4.74 Å². The minimum absolute atomic E-state index is 0.0205. The molecule has 0 bridgehead atoms. The molecule has 1 aliphatic rings. The van der Waals surface area contributed by atoms with Gasteiger partial charge >= 0.3 is 5.97 Å². The number of aliphatic hydroxyl groups excluding tert-OH is 4. The molecule has 0 spiro atoms. The third kappa shape index (κ3) is 7.90. The van der Waals surface area contributed by atoms with Crippen molar-refractivity contribution in [3.8, 4) is 5.75 Å². The summed E-state index contributed by atoms with van der Waals surface area (Å²) >= 11 is 0. The molecule has 0 radical (unpaired) electrons. The Morgan fingerprint density at radius 2 is 1.62 bits per heavy atom. The number of carbonyl (C=O) groups is 1. The Morgan fingerprint density at radius 1 is 0.950 bits per heavy atom. The van der Waals surface area contributed by atoms with E-state index in [2.05, 4.69) is 15.0 Å². The quantitative estimate of drug-likeness (QED) is 0.0595. The topological polar surface area (TPSA) is 166 Å². The number of halogens is 5. The molecule has 4 N–H and O–H groups in total. The van der Waals surface area contributed by atoms with Crippen LogP contribution in [0.4, 0.5) is 22.0 Å². The maximum Gasteiger partial charge on any atom is 0.313 e. The predicted molar refractivity (Wildman–Crippen MR) is 120 cm³/mol. The van der Waals surface area contributed by atoms with Crippen molar-refractivity contribution in [3.05, 3.63) is 41.0 Å². The zero-order valence-corrected chi connectivity index (χ0v) is 20.9. The highest BCUT2D eigenvalue weighted by Crippen LogP contribution is 2.29. The fraction of sp³-hybridized carbons (Fsp3) is 0.609. The van der Waals surface area contributed by atoms with Crippen molar-refractivity contribution in [2.45, 2.75) is 62.9 Å². The summed E-state index contributed by atoms with van der Waals surface area (Å²) in [6.45, 7) is -0.187. The number of esters is 1. The zero-order valence-electron chi connectivity index (χ0n) is 20.9. The summed E-state index contributed by atoms with van der Waals surface area (Å²) in [5, 5.41) is 46.9. The molecule has 0 amide bonds. The van der Waals surface area contributed by atoms with Gasteiger partial charge in [-0.15, -0.1) is 5.10 Å². The van der Waals surface area contributed by atoms with Gasteiger partial charge in [-0.1, -0.05) is 5.21 Å². The van der Waals surface area contributed by atoms with Crippen LogP contribution in [0.3, 0.4) is 0 Å². The van der Waals surface area contributed by atoms with Gasteiger partial charge in [-0.25, -0.2) is 17.9 Å². The third-order valence-electron chi connectivity index (χ3n) is 5.84. The van der Waals surface area contributed by atoms with E-state index in [1.165, 1.54) is 4.68 Å². The van der Waals surface area contributed by atoms with Crippen LogP contribution >= 0.6 is 0 Å². The summed E-state index contributed by atoms with van der Waals surface area (Å²) in [7, 11) is 0. The lowest BCUT2D eigenvalue weighted by molar-refractivity contribution is -0.297. The summed E-state index contributed by atoms with van der Waals surface area (Å²) in [6, 6.07) is 0. The second-order valence-corrected chi connectivity index (χ2v) is 8.71. The average molecular weight is 585 g/mol. The molecule has 2 aromatic rings. The first-order valence-corrected chi connectivity index (χ1v) is 12.2. The van der Waals surface area contributed by atoms with Crippen molar-refractivity contribution >= 4 is 5.97 Å². The normalized spacial score (nSPS) is 23.0. The van der Waals surface area contributed by atoms with Crippen LogP contribution in [0.15, 0.2) is 6.20 Å². The van der Waals surface area contributed by atoms with E-state index in [1.54, 1.807) is 6.20 Å². The Kier molecular flexibility index (Phi) is 11.7. The average Bonchev–Trinajstić information content (AvgIpc) is 3.39. The monoisotopic (exact) mass is 585 g/mol. The van der Waals surface area contributed by atoms with Crippen molar-refractivity contribution in [2.24, 2.45) is 0 Å². The van der Waals surface area contributed by atoms with Crippen molar-refractivity contribution < 1.29 is 66.1 Å². The highest BCUT2D eigenvalue weighted by atomic mass is 19.2. The van der Waals surface area contributed by atoms with Gasteiger partial charge in [-0.3, -0.25) is 4.79 Å². The Labute approximate surface area is 223 Å². The summed E-state index contributed by atoms with van der Waals surface area (Å²) in [5.74, 6) is -14.3. The maximum absolute atomic E-state index is 13.6. The molecule has 1 aliphatic heterocycles. The first kappa shape index (κ1) is 31.7. The van der Waals surface area contributed by atoms with Gasteiger partial charge in [-0.05, 0) is 12.8 Å². The largest absolute Gasteiger partial charge is 0.420 e. The fourth-order valence-electron chi connectivity index (χ4n) is 3.68. The highest BCUT2D eigenvalue weighted by molar-refractivity contribution is 5.72. The molecule has 1 aromatic carbocycles. The lowest BCUT2D eigenvalue weighted by Crippen LogP contribution is -2.58. The maximum atomic E-state index is 13.6. The molecule has 1 fully saturated rings. The minimum Gasteiger partial charge on any atom is -0.420 e. The van der Waals surface area contributed by atoms with Gasteiger partial charge in [-0.2, -0.15) is 8.78 Å². The lowest BCUT2D eigenvalue weighted by atomic mass is 9.96. The first-order valence-electron chi connectivity index (χ1n) is 12.2. The van der Waals surface area contributed by atoms with Gasteiger partial charge in [0, 0.05) is 19.2 Å². The van der Waals surface area contributed by atoms with Crippen LogP contribution in [0, 0.1) is 29.1 Å². The Morgan fingerprint density at radius 3 is 2.30 bits per heavy atom. The number of aliphatic hydroxyl groups is 4. The van der Waals surface area contributed by atoms with Gasteiger partial charge in [0.2, 0.25) is 34.8 Å². The summed E-state index contributed by atoms with van der Waals surface area (Å²) < 4.78 is 88.4. The third-order valence-corrected chi connectivity index (χ3v) is 5.84. The number of hydrogen-bond donors (Lipinski definition) is 4. The van der Waals surface area contributed by atoms with E-state index in [-0.39, 0.29) is 45.8 Å². The van der Waals surface area contributed by atoms with Crippen LogP contribution in [0.5, 0.6) is 5.75 Å². The molecule has 12 nitrogen and oxygen atoms in total. The van der Waals surface area contributed by atoms with E-state index in [4.69, 9.17) is 19.3 Å². The molecule has 1 saturated heterocycles. The molecule has 1 aromatic heterocycles. The van der Waals surface area contributed by atoms with E-state index in [9.17, 15) is 42.1 Å². The van der Waals surface area contributed by atoms with E-state index >= 15 is 0 Å². The standard InChI is InChI=1S/C23H28F5N3O9/c24-14-15(25)17(27)22(18(28)16(14)26)40-13(33)4-7-37-9-5-31-10-11(29-30-31)3-8-38-23-21(36)20(35)19(34)12(39-23)2-1-6-32/h10,12,19-21,23,32,34-36H,1-9H2/t12-,19-,20+,21+,23+/m1/s1. The van der Waals surface area contributed by atoms with Crippen LogP contribution in [0.2, 0.25) is 0 Å². The Balaban J connectivity index is 1.36. The molecule has 2 heterocycles. The molecule has 17 heteroatoms. The van der Waals surface area contributed by atoms with Gasteiger partial charge in [0.15, 0.2) is 6.29 Å². The second kappa shape index (κ2) is 14.7. The Hall–Kier alpha value is -2.80. The summed E-state index contributed by atoms with van der Waals surface area (Å²) in [4.78, 5) is 11.7. The Bertz CT molecular complexity index is 1110. The predicted octanol–water partition coefficient (Wildman–Crippen LogP) is 0.125. The van der Waals surface area contributed by atoms with Gasteiger partial charge in [0.1, 0.15) is 18.3 Å². The fourth-order valence-corrected chi connectivity index (χ4v) is 3.68. The summed E-state index contributed by atoms with van der Waals surface area (Å²) in [6.07, 6.45) is -4.48. The van der Waals surface area contributed by atoms with Gasteiger partial charge < -0.3 is 39.4 Å².